The van der Waals surface area contributed by atoms with Crippen LogP contribution in [0.2, 0.25) is 0 Å². The van der Waals surface area contributed by atoms with Crippen molar-refractivity contribution in [3.8, 4) is 5.75 Å². The van der Waals surface area contributed by atoms with E-state index in [1.165, 1.54) is 32.1 Å². The number of unbranched alkanes of at least 4 members (excludes halogenated alkanes) is 6. The number of ether oxygens (including phenoxy) is 1. The number of amides is 1. The lowest BCUT2D eigenvalue weighted by molar-refractivity contribution is -0.121. The highest BCUT2D eigenvalue weighted by Crippen LogP contribution is 2.27. The van der Waals surface area contributed by atoms with Crippen molar-refractivity contribution in [2.24, 2.45) is 5.10 Å². The van der Waals surface area contributed by atoms with Crippen molar-refractivity contribution in [3.05, 3.63) is 77.9 Å². The third kappa shape index (κ3) is 7.56. The molecule has 0 aliphatic rings. The van der Waals surface area contributed by atoms with Gasteiger partial charge in [0, 0.05) is 12.0 Å². The Kier molecular flexibility index (Phi) is 9.64. The second-order valence-electron chi connectivity index (χ2n) is 8.12. The second kappa shape index (κ2) is 13.2. The molecule has 1 N–H and O–H groups in total. The van der Waals surface area contributed by atoms with Gasteiger partial charge in [0.05, 0.1) is 11.8 Å². The molecule has 0 fully saturated rings. The molecule has 0 saturated carbocycles. The van der Waals surface area contributed by atoms with E-state index in [4.69, 9.17) is 4.74 Å². The minimum Gasteiger partial charge on any atom is -0.422 e. The van der Waals surface area contributed by atoms with Crippen LogP contribution in [0.5, 0.6) is 5.75 Å². The standard InChI is InChI=1S/C28H32N2O3/c1-2-3-4-5-6-7-11-18-27(31)30-29-21-25-24-17-13-12-14-22(24)19-20-26(25)33-28(32)23-15-9-8-10-16-23/h8-10,12-17,19-21H,2-7,11,18H2,1H3,(H,30,31)/b29-21-. The molecule has 0 atom stereocenters. The zero-order valence-corrected chi connectivity index (χ0v) is 19.3. The highest BCUT2D eigenvalue weighted by atomic mass is 16.5. The first kappa shape index (κ1) is 24.2. The maximum absolute atomic E-state index is 12.6. The summed E-state index contributed by atoms with van der Waals surface area (Å²) in [7, 11) is 0. The Balaban J connectivity index is 1.63. The van der Waals surface area contributed by atoms with Gasteiger partial charge < -0.3 is 4.74 Å². The van der Waals surface area contributed by atoms with Gasteiger partial charge >= 0.3 is 5.97 Å². The van der Waals surface area contributed by atoms with Crippen LogP contribution < -0.4 is 10.2 Å². The lowest BCUT2D eigenvalue weighted by Crippen LogP contribution is -2.17. The molecule has 0 spiro atoms. The number of carbonyl (C=O) groups excluding carboxylic acids is 2. The molecule has 0 aliphatic heterocycles. The van der Waals surface area contributed by atoms with Crippen molar-refractivity contribution in [1.29, 1.82) is 0 Å². The first-order valence-corrected chi connectivity index (χ1v) is 11.8. The monoisotopic (exact) mass is 444 g/mol. The van der Waals surface area contributed by atoms with Crippen molar-refractivity contribution in [1.82, 2.24) is 5.43 Å². The number of esters is 1. The molecule has 0 radical (unpaired) electrons. The summed E-state index contributed by atoms with van der Waals surface area (Å²) in [4.78, 5) is 24.7. The molecule has 3 rings (SSSR count). The van der Waals surface area contributed by atoms with Gasteiger partial charge in [-0.25, -0.2) is 10.2 Å². The fraction of sp³-hybridized carbons (Fsp3) is 0.321. The first-order chi connectivity index (χ1) is 16.2. The number of carbonyl (C=O) groups is 2. The van der Waals surface area contributed by atoms with E-state index < -0.39 is 5.97 Å². The van der Waals surface area contributed by atoms with Crippen LogP contribution in [0.3, 0.4) is 0 Å². The molecule has 0 unspecified atom stereocenters. The first-order valence-electron chi connectivity index (χ1n) is 11.8. The largest absolute Gasteiger partial charge is 0.422 e. The predicted molar refractivity (Wildman–Crippen MR) is 134 cm³/mol. The molecule has 1 amide bonds. The number of hydrogen-bond acceptors (Lipinski definition) is 4. The van der Waals surface area contributed by atoms with E-state index in [2.05, 4.69) is 17.5 Å². The van der Waals surface area contributed by atoms with Crippen molar-refractivity contribution >= 4 is 28.9 Å². The molecule has 0 aromatic heterocycles. The summed E-state index contributed by atoms with van der Waals surface area (Å²) in [5.41, 5.74) is 3.73. The van der Waals surface area contributed by atoms with Crippen molar-refractivity contribution in [3.63, 3.8) is 0 Å². The summed E-state index contributed by atoms with van der Waals surface area (Å²) < 4.78 is 5.67. The van der Waals surface area contributed by atoms with Gasteiger partial charge in [-0.2, -0.15) is 5.10 Å². The van der Waals surface area contributed by atoms with Crippen LogP contribution in [0.4, 0.5) is 0 Å². The van der Waals surface area contributed by atoms with E-state index >= 15 is 0 Å². The molecule has 5 nitrogen and oxygen atoms in total. The molecule has 0 saturated heterocycles. The van der Waals surface area contributed by atoms with Crippen LogP contribution in [-0.4, -0.2) is 18.1 Å². The smallest absolute Gasteiger partial charge is 0.343 e. The van der Waals surface area contributed by atoms with Crippen molar-refractivity contribution < 1.29 is 14.3 Å². The van der Waals surface area contributed by atoms with Crippen LogP contribution in [0.1, 0.15) is 74.2 Å². The second-order valence-corrected chi connectivity index (χ2v) is 8.12. The Morgan fingerprint density at radius 1 is 0.848 bits per heavy atom. The predicted octanol–water partition coefficient (Wildman–Crippen LogP) is 6.65. The molecule has 33 heavy (non-hydrogen) atoms. The Hall–Kier alpha value is -3.47. The van der Waals surface area contributed by atoms with E-state index in [-0.39, 0.29) is 5.91 Å². The van der Waals surface area contributed by atoms with Gasteiger partial charge in [-0.1, -0.05) is 94.0 Å². The lowest BCUT2D eigenvalue weighted by atomic mass is 10.0. The summed E-state index contributed by atoms with van der Waals surface area (Å²) in [6.45, 7) is 2.21. The summed E-state index contributed by atoms with van der Waals surface area (Å²) in [5, 5.41) is 6.04. The highest BCUT2D eigenvalue weighted by Gasteiger charge is 2.13. The molecule has 5 heteroatoms. The fourth-order valence-electron chi connectivity index (χ4n) is 3.70. The molecule has 0 heterocycles. The Labute approximate surface area is 195 Å². The zero-order valence-electron chi connectivity index (χ0n) is 19.3. The van der Waals surface area contributed by atoms with Crippen molar-refractivity contribution in [2.45, 2.75) is 58.3 Å². The van der Waals surface area contributed by atoms with Crippen molar-refractivity contribution in [2.75, 3.05) is 0 Å². The molecule has 0 aliphatic carbocycles. The van der Waals surface area contributed by atoms with Crippen LogP contribution in [0, 0.1) is 0 Å². The molecular formula is C28H32N2O3. The number of nitrogens with one attached hydrogen (secondary N) is 1. The minimum atomic E-state index is -0.441. The molecule has 3 aromatic carbocycles. The number of fused-ring (bicyclic) bond motifs is 1. The summed E-state index contributed by atoms with van der Waals surface area (Å²) in [6.07, 6.45) is 10.1. The lowest BCUT2D eigenvalue weighted by Gasteiger charge is -2.10. The van der Waals surface area contributed by atoms with Gasteiger partial charge in [-0.05, 0) is 35.4 Å². The van der Waals surface area contributed by atoms with Gasteiger partial charge in [-0.15, -0.1) is 0 Å². The van der Waals surface area contributed by atoms with Gasteiger partial charge in [0.2, 0.25) is 5.91 Å². The van der Waals surface area contributed by atoms with E-state index in [1.807, 2.05) is 36.4 Å². The highest BCUT2D eigenvalue weighted by molar-refractivity contribution is 6.04. The zero-order chi connectivity index (χ0) is 23.3. The Bertz CT molecular complexity index is 1080. The topological polar surface area (TPSA) is 67.8 Å². The maximum atomic E-state index is 12.6. The third-order valence-electron chi connectivity index (χ3n) is 5.53. The van der Waals surface area contributed by atoms with Crippen LogP contribution in [0.15, 0.2) is 71.8 Å². The fourth-order valence-corrected chi connectivity index (χ4v) is 3.70. The van der Waals surface area contributed by atoms with Crippen LogP contribution in [-0.2, 0) is 4.79 Å². The number of hydrogen-bond donors (Lipinski definition) is 1. The molecule has 0 bridgehead atoms. The van der Waals surface area contributed by atoms with Gasteiger partial charge in [0.1, 0.15) is 5.75 Å². The minimum absolute atomic E-state index is 0.108. The normalized spacial score (nSPS) is 11.1. The number of nitrogens with zero attached hydrogens (tertiary/aromatic N) is 1. The molecular weight excluding hydrogens is 412 g/mol. The Morgan fingerprint density at radius 3 is 2.33 bits per heavy atom. The average Bonchev–Trinajstić information content (AvgIpc) is 2.85. The third-order valence-corrected chi connectivity index (χ3v) is 5.53. The van der Waals surface area contributed by atoms with Gasteiger partial charge in [0.15, 0.2) is 0 Å². The average molecular weight is 445 g/mol. The molecule has 172 valence electrons. The quantitative estimate of drug-likeness (QED) is 0.112. The Morgan fingerprint density at radius 2 is 1.55 bits per heavy atom. The van der Waals surface area contributed by atoms with Crippen LogP contribution in [0.25, 0.3) is 10.8 Å². The van der Waals surface area contributed by atoms with E-state index in [0.29, 0.717) is 23.3 Å². The number of hydrazone groups is 1. The van der Waals surface area contributed by atoms with Gasteiger partial charge in [0.25, 0.3) is 0 Å². The van der Waals surface area contributed by atoms with Gasteiger partial charge in [-0.3, -0.25) is 4.79 Å². The molecule has 3 aromatic rings. The summed E-state index contributed by atoms with van der Waals surface area (Å²) in [5.74, 6) is -0.154. The summed E-state index contributed by atoms with van der Waals surface area (Å²) in [6, 6.07) is 20.3. The van der Waals surface area contributed by atoms with E-state index in [9.17, 15) is 9.59 Å². The SMILES string of the molecule is CCCCCCCCCC(=O)N/N=C\c1c(OC(=O)c2ccccc2)ccc2ccccc12. The maximum Gasteiger partial charge on any atom is 0.343 e. The number of benzene rings is 3. The number of rotatable bonds is 12. The van der Waals surface area contributed by atoms with Crippen LogP contribution >= 0.6 is 0 Å². The van der Waals surface area contributed by atoms with E-state index in [1.54, 1.807) is 36.5 Å². The summed E-state index contributed by atoms with van der Waals surface area (Å²) >= 11 is 0. The van der Waals surface area contributed by atoms with E-state index in [0.717, 1.165) is 23.6 Å².